The Morgan fingerprint density at radius 2 is 1.52 bits per heavy atom. The number of rotatable bonds is 5. The van der Waals surface area contributed by atoms with E-state index in [0.717, 1.165) is 35.1 Å². The lowest BCUT2D eigenvalue weighted by molar-refractivity contribution is -0.132. The van der Waals surface area contributed by atoms with Crippen molar-refractivity contribution in [2.45, 2.75) is 58.8 Å². The second-order valence-electron chi connectivity index (χ2n) is 6.98. The van der Waals surface area contributed by atoms with E-state index in [2.05, 4.69) is 6.92 Å². The van der Waals surface area contributed by atoms with E-state index in [0.29, 0.717) is 37.5 Å². The van der Waals surface area contributed by atoms with Gasteiger partial charge in [0.05, 0.1) is 4.90 Å². The van der Waals surface area contributed by atoms with Gasteiger partial charge in [-0.05, 0) is 56.4 Å². The molecule has 1 aliphatic heterocycles. The zero-order valence-electron chi connectivity index (χ0n) is 16.1. The Morgan fingerprint density at radius 3 is 2.00 bits per heavy atom. The van der Waals surface area contributed by atoms with Crippen molar-refractivity contribution in [2.24, 2.45) is 0 Å². The van der Waals surface area contributed by atoms with Gasteiger partial charge < -0.3 is 4.90 Å². The van der Waals surface area contributed by atoms with Crippen LogP contribution in [0.3, 0.4) is 0 Å². The molecule has 0 radical (unpaired) electrons. The molecule has 1 fully saturated rings. The molecule has 0 spiro atoms. The van der Waals surface area contributed by atoms with Crippen LogP contribution in [0.1, 0.15) is 48.4 Å². The zero-order valence-corrected chi connectivity index (χ0v) is 16.9. The fourth-order valence-electron chi connectivity index (χ4n) is 3.36. The zero-order chi connectivity index (χ0) is 18.8. The minimum Gasteiger partial charge on any atom is -0.340 e. The third-order valence-electron chi connectivity index (χ3n) is 5.23. The van der Waals surface area contributed by atoms with Crippen LogP contribution in [0.4, 0.5) is 0 Å². The van der Waals surface area contributed by atoms with Gasteiger partial charge in [-0.15, -0.1) is 0 Å². The number of piperazine rings is 1. The van der Waals surface area contributed by atoms with Crippen LogP contribution >= 0.6 is 0 Å². The van der Waals surface area contributed by atoms with Crippen molar-refractivity contribution in [1.29, 1.82) is 0 Å². The van der Waals surface area contributed by atoms with Crippen molar-refractivity contribution in [3.8, 4) is 0 Å². The Labute approximate surface area is 152 Å². The number of unbranched alkanes of at least 4 members (excludes halogenated alkanes) is 1. The summed E-state index contributed by atoms with van der Waals surface area (Å²) in [7, 11) is -3.54. The summed E-state index contributed by atoms with van der Waals surface area (Å²) in [5, 5.41) is 0. The molecule has 0 atom stereocenters. The average Bonchev–Trinajstić information content (AvgIpc) is 2.58. The number of benzene rings is 1. The van der Waals surface area contributed by atoms with Gasteiger partial charge in [0.1, 0.15) is 0 Å². The van der Waals surface area contributed by atoms with E-state index in [-0.39, 0.29) is 5.91 Å². The average molecular weight is 367 g/mol. The Kier molecular flexibility index (Phi) is 6.27. The third kappa shape index (κ3) is 4.06. The molecule has 0 unspecified atom stereocenters. The topological polar surface area (TPSA) is 57.7 Å². The van der Waals surface area contributed by atoms with Gasteiger partial charge in [-0.25, -0.2) is 8.42 Å². The Bertz CT molecular complexity index is 722. The fraction of sp³-hybridized carbons (Fsp3) is 0.632. The summed E-state index contributed by atoms with van der Waals surface area (Å²) in [6, 6.07) is 2.04. The molecule has 1 aliphatic rings. The highest BCUT2D eigenvalue weighted by molar-refractivity contribution is 7.89. The fourth-order valence-corrected chi connectivity index (χ4v) is 5.36. The summed E-state index contributed by atoms with van der Waals surface area (Å²) in [6.07, 6.45) is 2.43. The van der Waals surface area contributed by atoms with E-state index in [1.54, 1.807) is 4.90 Å². The molecular formula is C19H30N2O3S. The Morgan fingerprint density at radius 1 is 1.00 bits per heavy atom. The second kappa shape index (κ2) is 7.87. The highest BCUT2D eigenvalue weighted by Gasteiger charge is 2.32. The molecule has 2 rings (SSSR count). The summed E-state index contributed by atoms with van der Waals surface area (Å²) in [6.45, 7) is 11.4. The van der Waals surface area contributed by atoms with Crippen molar-refractivity contribution in [3.05, 3.63) is 28.3 Å². The van der Waals surface area contributed by atoms with Crippen LogP contribution in [0.25, 0.3) is 0 Å². The van der Waals surface area contributed by atoms with Crippen LogP contribution in [0.15, 0.2) is 11.0 Å². The van der Waals surface area contributed by atoms with E-state index in [1.807, 2.05) is 33.8 Å². The number of hydrogen-bond donors (Lipinski definition) is 0. The quantitative estimate of drug-likeness (QED) is 0.805. The molecule has 1 heterocycles. The van der Waals surface area contributed by atoms with Crippen LogP contribution in [-0.2, 0) is 14.8 Å². The first-order chi connectivity index (χ1) is 11.7. The maximum Gasteiger partial charge on any atom is 0.243 e. The van der Waals surface area contributed by atoms with E-state index in [4.69, 9.17) is 0 Å². The molecule has 1 saturated heterocycles. The van der Waals surface area contributed by atoms with Crippen LogP contribution in [-0.4, -0.2) is 49.7 Å². The van der Waals surface area contributed by atoms with E-state index in [9.17, 15) is 13.2 Å². The summed E-state index contributed by atoms with van der Waals surface area (Å²) < 4.78 is 27.9. The van der Waals surface area contributed by atoms with E-state index in [1.165, 1.54) is 4.31 Å². The third-order valence-corrected chi connectivity index (χ3v) is 7.40. The summed E-state index contributed by atoms with van der Waals surface area (Å²) >= 11 is 0. The molecular weight excluding hydrogens is 336 g/mol. The van der Waals surface area contributed by atoms with Gasteiger partial charge in [0.2, 0.25) is 15.9 Å². The molecule has 1 aromatic rings. The van der Waals surface area contributed by atoms with Crippen molar-refractivity contribution in [1.82, 2.24) is 9.21 Å². The number of carbonyl (C=O) groups excluding carboxylic acids is 1. The first-order valence-electron chi connectivity index (χ1n) is 9.05. The number of amides is 1. The lowest BCUT2D eigenvalue weighted by Crippen LogP contribution is -2.50. The number of nitrogens with zero attached hydrogens (tertiary/aromatic N) is 2. The van der Waals surface area contributed by atoms with Crippen molar-refractivity contribution >= 4 is 15.9 Å². The second-order valence-corrected chi connectivity index (χ2v) is 8.85. The monoisotopic (exact) mass is 366 g/mol. The lowest BCUT2D eigenvalue weighted by atomic mass is 10.0. The first kappa shape index (κ1) is 19.9. The first-order valence-corrected chi connectivity index (χ1v) is 10.5. The van der Waals surface area contributed by atoms with E-state index < -0.39 is 10.0 Å². The maximum atomic E-state index is 13.2. The van der Waals surface area contributed by atoms with Gasteiger partial charge in [0, 0.05) is 32.6 Å². The normalized spacial score (nSPS) is 16.3. The minimum absolute atomic E-state index is 0.137. The molecule has 0 aliphatic carbocycles. The Balaban J connectivity index is 2.20. The van der Waals surface area contributed by atoms with Crippen LogP contribution in [0.2, 0.25) is 0 Å². The van der Waals surface area contributed by atoms with Crippen molar-refractivity contribution in [3.63, 3.8) is 0 Å². The summed E-state index contributed by atoms with van der Waals surface area (Å²) in [5.74, 6) is 0.137. The highest BCUT2D eigenvalue weighted by atomic mass is 32.2. The van der Waals surface area contributed by atoms with Crippen LogP contribution in [0, 0.1) is 27.7 Å². The van der Waals surface area contributed by atoms with Gasteiger partial charge >= 0.3 is 0 Å². The SMILES string of the molecule is CCCCC(=O)N1CCN(S(=O)(=O)c2c(C)c(C)cc(C)c2C)CC1. The predicted molar refractivity (Wildman–Crippen MR) is 100 cm³/mol. The molecule has 0 saturated carbocycles. The maximum absolute atomic E-state index is 13.2. The largest absolute Gasteiger partial charge is 0.340 e. The van der Waals surface area contributed by atoms with Gasteiger partial charge in [-0.2, -0.15) is 4.31 Å². The molecule has 1 amide bonds. The summed E-state index contributed by atoms with van der Waals surface area (Å²) in [5.41, 5.74) is 3.64. The molecule has 140 valence electrons. The molecule has 1 aromatic carbocycles. The van der Waals surface area contributed by atoms with Crippen molar-refractivity contribution in [2.75, 3.05) is 26.2 Å². The smallest absolute Gasteiger partial charge is 0.243 e. The lowest BCUT2D eigenvalue weighted by Gasteiger charge is -2.35. The predicted octanol–water partition coefficient (Wildman–Crippen LogP) is 2.94. The summed E-state index contributed by atoms with van der Waals surface area (Å²) in [4.78, 5) is 14.4. The number of aryl methyl sites for hydroxylation is 2. The molecule has 6 heteroatoms. The number of sulfonamides is 1. The molecule has 0 bridgehead atoms. The van der Waals surface area contributed by atoms with Crippen LogP contribution in [0.5, 0.6) is 0 Å². The van der Waals surface area contributed by atoms with Gasteiger partial charge in [0.25, 0.3) is 0 Å². The van der Waals surface area contributed by atoms with E-state index >= 15 is 0 Å². The van der Waals surface area contributed by atoms with Crippen LogP contribution < -0.4 is 0 Å². The standard InChI is InChI=1S/C19H30N2O3S/c1-6-7-8-18(22)20-9-11-21(12-10-20)25(23,24)19-16(4)14(2)13-15(3)17(19)5/h13H,6-12H2,1-5H3. The van der Waals surface area contributed by atoms with Gasteiger partial charge in [-0.1, -0.05) is 19.4 Å². The highest BCUT2D eigenvalue weighted by Crippen LogP contribution is 2.29. The minimum atomic E-state index is -3.54. The molecule has 0 aromatic heterocycles. The van der Waals surface area contributed by atoms with Gasteiger partial charge in [0.15, 0.2) is 0 Å². The number of carbonyl (C=O) groups is 1. The molecule has 5 nitrogen and oxygen atoms in total. The number of hydrogen-bond acceptors (Lipinski definition) is 3. The molecule has 25 heavy (non-hydrogen) atoms. The van der Waals surface area contributed by atoms with Gasteiger partial charge in [-0.3, -0.25) is 4.79 Å². The Hall–Kier alpha value is -1.40. The van der Waals surface area contributed by atoms with Crippen molar-refractivity contribution < 1.29 is 13.2 Å². The molecule has 0 N–H and O–H groups in total.